The number of rotatable bonds is 8. The Hall–Kier alpha value is -0.840. The number of hydrogen-bond acceptors (Lipinski definition) is 4. The lowest BCUT2D eigenvalue weighted by Crippen LogP contribution is -2.12. The van der Waals surface area contributed by atoms with Crippen molar-refractivity contribution < 1.29 is 4.79 Å². The maximum Gasteiger partial charge on any atom is 0.211 e. The molecular weight excluding hydrogens is 328 g/mol. The van der Waals surface area contributed by atoms with E-state index >= 15 is 0 Å². The molecule has 22 heavy (non-hydrogen) atoms. The molecule has 0 saturated heterocycles. The molecule has 0 spiro atoms. The van der Waals surface area contributed by atoms with Crippen LogP contribution in [0.25, 0.3) is 0 Å². The molecule has 1 aromatic carbocycles. The van der Waals surface area contributed by atoms with Gasteiger partial charge in [-0.15, -0.1) is 23.5 Å². The molecule has 1 aromatic rings. The molecule has 2 rings (SSSR count). The number of carbonyl (C=O) groups is 1. The summed E-state index contributed by atoms with van der Waals surface area (Å²) in [6, 6.07) is 10.3. The van der Waals surface area contributed by atoms with Crippen LogP contribution in [0.15, 0.2) is 71.0 Å². The molecule has 0 fully saturated rings. The predicted octanol–water partition coefficient (Wildman–Crippen LogP) is 5.56. The van der Waals surface area contributed by atoms with E-state index in [1.165, 1.54) is 27.6 Å². The minimum atomic E-state index is 0.0624. The van der Waals surface area contributed by atoms with Crippen molar-refractivity contribution in [3.8, 4) is 0 Å². The highest BCUT2D eigenvalue weighted by Crippen LogP contribution is 2.30. The molecule has 1 nitrogen and oxygen atoms in total. The van der Waals surface area contributed by atoms with Gasteiger partial charge >= 0.3 is 0 Å². The van der Waals surface area contributed by atoms with Crippen molar-refractivity contribution >= 4 is 40.4 Å². The van der Waals surface area contributed by atoms with Crippen molar-refractivity contribution in [1.82, 2.24) is 0 Å². The number of hydrogen-bond donors (Lipinski definition) is 0. The third kappa shape index (κ3) is 6.51. The third-order valence-electron chi connectivity index (χ3n) is 3.03. The second kappa shape index (κ2) is 10.0. The second-order valence-electron chi connectivity index (χ2n) is 4.78. The summed E-state index contributed by atoms with van der Waals surface area (Å²) in [5.41, 5.74) is 0. The average Bonchev–Trinajstić information content (AvgIpc) is 2.59. The number of allylic oxidation sites excluding steroid dienone is 3. The van der Waals surface area contributed by atoms with Crippen LogP contribution >= 0.6 is 35.3 Å². The topological polar surface area (TPSA) is 17.1 Å². The van der Waals surface area contributed by atoms with Crippen molar-refractivity contribution in [2.24, 2.45) is 0 Å². The van der Waals surface area contributed by atoms with Gasteiger partial charge in [0.05, 0.1) is 0 Å². The molecule has 0 bridgehead atoms. The molecule has 0 aliphatic heterocycles. The molecule has 0 saturated carbocycles. The predicted molar refractivity (Wildman–Crippen MR) is 103 cm³/mol. The highest BCUT2D eigenvalue weighted by molar-refractivity contribution is 8.16. The van der Waals surface area contributed by atoms with Crippen LogP contribution in [0.4, 0.5) is 0 Å². The highest BCUT2D eigenvalue weighted by atomic mass is 32.2. The van der Waals surface area contributed by atoms with Crippen LogP contribution in [0.3, 0.4) is 0 Å². The summed E-state index contributed by atoms with van der Waals surface area (Å²) in [5.74, 6) is 1.87. The summed E-state index contributed by atoms with van der Waals surface area (Å²) in [6.45, 7) is 3.58. The third-order valence-corrected chi connectivity index (χ3v) is 6.89. The van der Waals surface area contributed by atoms with Gasteiger partial charge in [0.25, 0.3) is 0 Å². The zero-order valence-corrected chi connectivity index (χ0v) is 14.9. The van der Waals surface area contributed by atoms with Crippen LogP contribution in [-0.4, -0.2) is 21.9 Å². The first-order valence-electron chi connectivity index (χ1n) is 7.28. The zero-order valence-electron chi connectivity index (χ0n) is 12.4. The molecule has 0 N–H and O–H groups in total. The van der Waals surface area contributed by atoms with E-state index in [9.17, 15) is 4.79 Å². The summed E-state index contributed by atoms with van der Waals surface area (Å²) in [5, 5.41) is 0.351. The van der Waals surface area contributed by atoms with E-state index in [1.54, 1.807) is 0 Å². The molecule has 0 heterocycles. The molecule has 0 amide bonds. The SMILES string of the molecule is C=CC(=O)SC(CSC1=CCCC=C1)CSc1ccccc1. The highest BCUT2D eigenvalue weighted by Gasteiger charge is 2.15. The van der Waals surface area contributed by atoms with Crippen LogP contribution < -0.4 is 0 Å². The lowest BCUT2D eigenvalue weighted by atomic mass is 10.2. The van der Waals surface area contributed by atoms with Crippen molar-refractivity contribution in [3.63, 3.8) is 0 Å². The van der Waals surface area contributed by atoms with Crippen LogP contribution in [0.2, 0.25) is 0 Å². The maximum absolute atomic E-state index is 11.7. The Labute approximate surface area is 145 Å². The molecule has 1 aliphatic rings. The van der Waals surface area contributed by atoms with Crippen molar-refractivity contribution in [1.29, 1.82) is 0 Å². The van der Waals surface area contributed by atoms with Crippen LogP contribution in [0, 0.1) is 0 Å². The van der Waals surface area contributed by atoms with Gasteiger partial charge in [-0.25, -0.2) is 0 Å². The van der Waals surface area contributed by atoms with E-state index < -0.39 is 0 Å². The summed E-state index contributed by atoms with van der Waals surface area (Å²) in [7, 11) is 0. The quantitative estimate of drug-likeness (QED) is 0.451. The normalized spacial score (nSPS) is 15.2. The maximum atomic E-state index is 11.7. The molecular formula is C18H20OS3. The molecule has 4 heteroatoms. The van der Waals surface area contributed by atoms with Gasteiger partial charge in [-0.05, 0) is 31.1 Å². The van der Waals surface area contributed by atoms with Gasteiger partial charge in [0, 0.05) is 26.6 Å². The summed E-state index contributed by atoms with van der Waals surface area (Å²) < 4.78 is 0. The lowest BCUT2D eigenvalue weighted by Gasteiger charge is -2.15. The van der Waals surface area contributed by atoms with E-state index in [4.69, 9.17) is 0 Å². The Morgan fingerprint density at radius 2 is 1.95 bits per heavy atom. The van der Waals surface area contributed by atoms with Gasteiger partial charge in [-0.2, -0.15) is 0 Å². The molecule has 1 atom stereocenters. The van der Waals surface area contributed by atoms with E-state index in [-0.39, 0.29) is 10.4 Å². The monoisotopic (exact) mass is 348 g/mol. The molecule has 0 aromatic heterocycles. The fourth-order valence-corrected chi connectivity index (χ4v) is 5.22. The van der Waals surface area contributed by atoms with Gasteiger partial charge in [0.15, 0.2) is 0 Å². The first-order chi connectivity index (χ1) is 10.8. The minimum Gasteiger partial charge on any atom is -0.282 e. The summed E-state index contributed by atoms with van der Waals surface area (Å²) in [6.07, 6.45) is 10.4. The van der Waals surface area contributed by atoms with Crippen LogP contribution in [0.1, 0.15) is 12.8 Å². The van der Waals surface area contributed by atoms with E-state index in [2.05, 4.69) is 36.9 Å². The van der Waals surface area contributed by atoms with Gasteiger partial charge in [0.2, 0.25) is 5.12 Å². The Morgan fingerprint density at radius 1 is 1.18 bits per heavy atom. The van der Waals surface area contributed by atoms with Gasteiger partial charge in [-0.1, -0.05) is 54.8 Å². The second-order valence-corrected chi connectivity index (χ2v) is 8.28. The smallest absolute Gasteiger partial charge is 0.211 e. The van der Waals surface area contributed by atoms with E-state index in [1.807, 2.05) is 41.7 Å². The summed E-state index contributed by atoms with van der Waals surface area (Å²) in [4.78, 5) is 14.3. The summed E-state index contributed by atoms with van der Waals surface area (Å²) >= 11 is 5.06. The Balaban J connectivity index is 1.87. The van der Waals surface area contributed by atoms with Crippen molar-refractivity contribution in [2.75, 3.05) is 11.5 Å². The molecule has 116 valence electrons. The van der Waals surface area contributed by atoms with E-state index in [0.29, 0.717) is 0 Å². The van der Waals surface area contributed by atoms with Crippen LogP contribution in [-0.2, 0) is 4.79 Å². The number of thioether (sulfide) groups is 3. The van der Waals surface area contributed by atoms with Gasteiger partial charge in [0.1, 0.15) is 0 Å². The standard InChI is InChI=1S/C18H20OS3/c1-2-18(19)22-17(13-20-15-9-5-3-6-10-15)14-21-16-11-7-4-8-12-16/h2-3,5-7,9-12,17H,1,4,8,13-14H2. The Morgan fingerprint density at radius 3 is 2.64 bits per heavy atom. The Bertz CT molecular complexity index is 549. The Kier molecular flexibility index (Phi) is 7.99. The van der Waals surface area contributed by atoms with Crippen molar-refractivity contribution in [3.05, 3.63) is 66.1 Å². The zero-order chi connectivity index (χ0) is 15.6. The number of carbonyl (C=O) groups excluding carboxylic acids is 1. The van der Waals surface area contributed by atoms with Crippen molar-refractivity contribution in [2.45, 2.75) is 23.0 Å². The van der Waals surface area contributed by atoms with Crippen LogP contribution in [0.5, 0.6) is 0 Å². The fourth-order valence-electron chi connectivity index (χ4n) is 1.92. The first-order valence-corrected chi connectivity index (χ1v) is 10.1. The first kappa shape index (κ1) is 17.5. The minimum absolute atomic E-state index is 0.0624. The fraction of sp³-hybridized carbons (Fsp3) is 0.278. The molecule has 1 unspecified atom stereocenters. The van der Waals surface area contributed by atoms with E-state index in [0.717, 1.165) is 24.3 Å². The number of benzene rings is 1. The largest absolute Gasteiger partial charge is 0.282 e. The van der Waals surface area contributed by atoms with Gasteiger partial charge < -0.3 is 0 Å². The average molecular weight is 349 g/mol. The molecule has 1 aliphatic carbocycles. The lowest BCUT2D eigenvalue weighted by molar-refractivity contribution is -0.107. The molecule has 0 radical (unpaired) electrons. The van der Waals surface area contributed by atoms with Gasteiger partial charge in [-0.3, -0.25) is 4.79 Å².